The number of hydrogen-bond donors (Lipinski definition) is 0. The summed E-state index contributed by atoms with van der Waals surface area (Å²) >= 11 is 0. The topological polar surface area (TPSA) is 12.5 Å². The van der Waals surface area contributed by atoms with Crippen LogP contribution >= 0.6 is 0 Å². The molecule has 260 valence electrons. The Bertz CT molecular complexity index is 2610. The van der Waals surface area contributed by atoms with Crippen LogP contribution in [0.15, 0.2) is 194 Å². The third kappa shape index (κ3) is 6.16. The highest BCUT2D eigenvalue weighted by molar-refractivity contribution is 6.08. The zero-order chi connectivity index (χ0) is 36.6. The molecule has 2 nitrogen and oxygen atoms in total. The first-order valence-electron chi connectivity index (χ1n) is 18.7. The number of rotatable bonds is 6. The second kappa shape index (κ2) is 13.7. The lowest BCUT2D eigenvalue weighted by Crippen LogP contribution is -2.15. The average Bonchev–Trinajstić information content (AvgIpc) is 3.21. The summed E-state index contributed by atoms with van der Waals surface area (Å²) in [5, 5.41) is 2.41. The summed E-state index contributed by atoms with van der Waals surface area (Å²) in [4.78, 5) is 2.42. The molecule has 1 heterocycles. The molecule has 0 aromatic heterocycles. The number of nitrogens with zero attached hydrogens (tertiary/aromatic N) is 1. The number of benzene rings is 8. The number of fused-ring (bicyclic) bond motifs is 3. The molecule has 0 aliphatic carbocycles. The molecule has 0 unspecified atom stereocenters. The van der Waals surface area contributed by atoms with Gasteiger partial charge in [0.15, 0.2) is 0 Å². The van der Waals surface area contributed by atoms with Crippen LogP contribution in [0, 0.1) is 0 Å². The number of ether oxygens (including phenoxy) is 1. The third-order valence-electron chi connectivity index (χ3n) is 10.4. The minimum atomic E-state index is -0.0165. The molecule has 1 aliphatic rings. The van der Waals surface area contributed by atoms with E-state index in [1.54, 1.807) is 0 Å². The van der Waals surface area contributed by atoms with Crippen LogP contribution in [0.1, 0.15) is 48.6 Å². The summed E-state index contributed by atoms with van der Waals surface area (Å²) in [6, 6.07) is 69.7. The van der Waals surface area contributed by atoms with E-state index in [0.717, 1.165) is 56.4 Å². The number of hydrogen-bond acceptors (Lipinski definition) is 2. The fourth-order valence-corrected chi connectivity index (χ4v) is 7.69. The van der Waals surface area contributed by atoms with Gasteiger partial charge in [0.05, 0.1) is 5.69 Å². The van der Waals surface area contributed by atoms with E-state index < -0.39 is 0 Å². The zero-order valence-electron chi connectivity index (χ0n) is 30.8. The maximum Gasteiger partial charge on any atom is 0.135 e. The molecule has 9 rings (SSSR count). The minimum Gasteiger partial charge on any atom is -0.456 e. The second-order valence-electron chi connectivity index (χ2n) is 15.0. The van der Waals surface area contributed by atoms with Crippen LogP contribution in [0.3, 0.4) is 0 Å². The maximum absolute atomic E-state index is 6.73. The third-order valence-corrected chi connectivity index (χ3v) is 10.4. The van der Waals surface area contributed by atoms with Crippen LogP contribution in [-0.4, -0.2) is 0 Å². The van der Waals surface area contributed by atoms with Gasteiger partial charge in [0.2, 0.25) is 0 Å². The lowest BCUT2D eigenvalue weighted by atomic mass is 9.83. The largest absolute Gasteiger partial charge is 0.456 e. The van der Waals surface area contributed by atoms with Crippen molar-refractivity contribution in [1.82, 2.24) is 0 Å². The highest BCUT2D eigenvalue weighted by atomic mass is 16.5. The van der Waals surface area contributed by atoms with Gasteiger partial charge in [-0.2, -0.15) is 0 Å². The summed E-state index contributed by atoms with van der Waals surface area (Å²) in [7, 11) is 0. The van der Waals surface area contributed by atoms with Crippen molar-refractivity contribution in [2.24, 2.45) is 0 Å². The van der Waals surface area contributed by atoms with Gasteiger partial charge in [0.25, 0.3) is 0 Å². The molecule has 0 N–H and O–H groups in total. The van der Waals surface area contributed by atoms with Crippen molar-refractivity contribution in [3.8, 4) is 22.6 Å². The van der Waals surface area contributed by atoms with Gasteiger partial charge in [0, 0.05) is 33.6 Å². The molecule has 54 heavy (non-hydrogen) atoms. The van der Waals surface area contributed by atoms with Crippen LogP contribution < -0.4 is 9.64 Å². The first-order chi connectivity index (χ1) is 26.4. The molecule has 0 radical (unpaired) electrons. The normalized spacial score (nSPS) is 12.1. The minimum absolute atomic E-state index is 0.0165. The first-order valence-corrected chi connectivity index (χ1v) is 18.7. The standard InChI is InChI=1S/C52H41NO/c1-52(2,3)41-28-31-47(45(34-41)37-18-7-4-8-19-37)53(42-29-27-36-17-13-14-24-40(36)33-42)43-30-32-49-46(35-43)51(44-25-15-16-26-48(44)54-49)50(38-20-9-5-10-21-38)39-22-11-6-12-23-39/h4-35H,1-3H3. The molecule has 1 aliphatic heterocycles. The molecule has 0 amide bonds. The Hall–Kier alpha value is -6.64. The fraction of sp³-hybridized carbons (Fsp3) is 0.0769. The molecule has 0 saturated heterocycles. The van der Waals surface area contributed by atoms with Crippen LogP contribution in [0.2, 0.25) is 0 Å². The number of anilines is 3. The van der Waals surface area contributed by atoms with Crippen molar-refractivity contribution in [3.63, 3.8) is 0 Å². The lowest BCUT2D eigenvalue weighted by Gasteiger charge is -2.32. The van der Waals surface area contributed by atoms with Gasteiger partial charge >= 0.3 is 0 Å². The highest BCUT2D eigenvalue weighted by Gasteiger charge is 2.29. The molecule has 8 aromatic carbocycles. The number of para-hydroxylation sites is 1. The van der Waals surface area contributed by atoms with E-state index >= 15 is 0 Å². The summed E-state index contributed by atoms with van der Waals surface area (Å²) in [5.41, 5.74) is 13.6. The van der Waals surface area contributed by atoms with Crippen molar-refractivity contribution in [3.05, 3.63) is 222 Å². The van der Waals surface area contributed by atoms with E-state index in [-0.39, 0.29) is 5.41 Å². The van der Waals surface area contributed by atoms with E-state index in [0.29, 0.717) is 0 Å². The van der Waals surface area contributed by atoms with E-state index in [1.165, 1.54) is 33.0 Å². The van der Waals surface area contributed by atoms with Crippen molar-refractivity contribution < 1.29 is 4.74 Å². The zero-order valence-corrected chi connectivity index (χ0v) is 30.8. The van der Waals surface area contributed by atoms with Crippen LogP contribution in [-0.2, 0) is 5.41 Å². The molecule has 2 heteroatoms. The Morgan fingerprint density at radius 1 is 0.444 bits per heavy atom. The molecule has 0 spiro atoms. The van der Waals surface area contributed by atoms with Gasteiger partial charge in [0.1, 0.15) is 11.5 Å². The SMILES string of the molecule is CC(C)(C)c1ccc(N(c2ccc3c(c2)C(=C(c2ccccc2)c2ccccc2)c2ccccc2O3)c2ccc3ccccc3c2)c(-c2ccccc2)c1. The predicted octanol–water partition coefficient (Wildman–Crippen LogP) is 14.4. The Kier molecular flexibility index (Phi) is 8.44. The van der Waals surface area contributed by atoms with Crippen molar-refractivity contribution in [1.29, 1.82) is 0 Å². The molecular weight excluding hydrogens is 655 g/mol. The Labute approximate surface area is 318 Å². The van der Waals surface area contributed by atoms with Crippen LogP contribution in [0.5, 0.6) is 11.5 Å². The fourth-order valence-electron chi connectivity index (χ4n) is 7.69. The Balaban J connectivity index is 1.35. The molecule has 0 bridgehead atoms. The van der Waals surface area contributed by atoms with Gasteiger partial charge in [-0.05, 0) is 92.5 Å². The monoisotopic (exact) mass is 695 g/mol. The summed E-state index contributed by atoms with van der Waals surface area (Å²) < 4.78 is 6.73. The Morgan fingerprint density at radius 3 is 1.72 bits per heavy atom. The van der Waals surface area contributed by atoms with Crippen LogP contribution in [0.25, 0.3) is 33.0 Å². The summed E-state index contributed by atoms with van der Waals surface area (Å²) in [6.45, 7) is 6.85. The van der Waals surface area contributed by atoms with Crippen LogP contribution in [0.4, 0.5) is 17.1 Å². The molecule has 0 atom stereocenters. The van der Waals surface area contributed by atoms with Crippen molar-refractivity contribution in [2.75, 3.05) is 4.90 Å². The second-order valence-corrected chi connectivity index (χ2v) is 15.0. The molecule has 8 aromatic rings. The quantitative estimate of drug-likeness (QED) is 0.172. The van der Waals surface area contributed by atoms with Crippen molar-refractivity contribution >= 4 is 39.0 Å². The van der Waals surface area contributed by atoms with E-state index in [2.05, 4.69) is 214 Å². The van der Waals surface area contributed by atoms with Gasteiger partial charge in [-0.15, -0.1) is 0 Å². The van der Waals surface area contributed by atoms with E-state index in [4.69, 9.17) is 4.74 Å². The first kappa shape index (κ1) is 33.2. The summed E-state index contributed by atoms with van der Waals surface area (Å²) in [5.74, 6) is 1.69. The molecular formula is C52H41NO. The maximum atomic E-state index is 6.73. The van der Waals surface area contributed by atoms with E-state index in [9.17, 15) is 0 Å². The summed E-state index contributed by atoms with van der Waals surface area (Å²) in [6.07, 6.45) is 0. The van der Waals surface area contributed by atoms with Gasteiger partial charge in [-0.3, -0.25) is 0 Å². The highest BCUT2D eigenvalue weighted by Crippen LogP contribution is 2.51. The van der Waals surface area contributed by atoms with Crippen molar-refractivity contribution in [2.45, 2.75) is 26.2 Å². The van der Waals surface area contributed by atoms with Gasteiger partial charge < -0.3 is 9.64 Å². The van der Waals surface area contributed by atoms with Gasteiger partial charge in [-0.25, -0.2) is 0 Å². The predicted molar refractivity (Wildman–Crippen MR) is 227 cm³/mol. The molecule has 0 saturated carbocycles. The Morgan fingerprint density at radius 2 is 1.02 bits per heavy atom. The average molecular weight is 696 g/mol. The lowest BCUT2D eigenvalue weighted by molar-refractivity contribution is 0.474. The molecule has 0 fully saturated rings. The smallest absolute Gasteiger partial charge is 0.135 e. The van der Waals surface area contributed by atoms with E-state index in [1.807, 2.05) is 6.07 Å². The van der Waals surface area contributed by atoms with Gasteiger partial charge in [-0.1, -0.05) is 166 Å².